The Bertz CT molecular complexity index is 468. The van der Waals surface area contributed by atoms with Crippen molar-refractivity contribution in [2.75, 3.05) is 5.73 Å². The minimum absolute atomic E-state index is 0.000509. The van der Waals surface area contributed by atoms with Crippen LogP contribution in [0, 0.1) is 11.8 Å². The lowest BCUT2D eigenvalue weighted by Crippen LogP contribution is -2.38. The average molecular weight is 309 g/mol. The largest absolute Gasteiger partial charge is 0.399 e. The highest BCUT2D eigenvalue weighted by atomic mass is 79.9. The molecular weight excluding hydrogens is 292 g/mol. The lowest BCUT2D eigenvalue weighted by atomic mass is 9.95. The van der Waals surface area contributed by atoms with Crippen molar-refractivity contribution in [3.05, 3.63) is 28.2 Å². The number of hydrogen-bond acceptors (Lipinski definition) is 2. The van der Waals surface area contributed by atoms with Crippen LogP contribution in [-0.4, -0.2) is 11.9 Å². The number of nitrogens with two attached hydrogens (primary N) is 1. The standard InChI is InChI=1S/C14H17BrN2O/c15-11-5-10(6-12(16)7-11)14(18)17-13-4-8-1-2-9(13)3-8/h5-9,13H,1-4,16H2,(H,17,18). The van der Waals surface area contributed by atoms with E-state index in [4.69, 9.17) is 5.73 Å². The van der Waals surface area contributed by atoms with Crippen LogP contribution in [0.3, 0.4) is 0 Å². The van der Waals surface area contributed by atoms with Crippen LogP contribution < -0.4 is 11.1 Å². The molecule has 3 atom stereocenters. The minimum atomic E-state index is 0.000509. The first kappa shape index (κ1) is 12.0. The van der Waals surface area contributed by atoms with E-state index in [2.05, 4.69) is 21.2 Å². The predicted octanol–water partition coefficient (Wildman–Crippen LogP) is 2.95. The molecule has 4 heteroatoms. The molecule has 3 N–H and O–H groups in total. The second kappa shape index (κ2) is 4.57. The lowest BCUT2D eigenvalue weighted by molar-refractivity contribution is 0.0923. The zero-order valence-electron chi connectivity index (χ0n) is 10.2. The van der Waals surface area contributed by atoms with Gasteiger partial charge in [0.2, 0.25) is 0 Å². The first-order chi connectivity index (χ1) is 8.61. The number of hydrogen-bond donors (Lipinski definition) is 2. The van der Waals surface area contributed by atoms with E-state index in [1.807, 2.05) is 6.07 Å². The van der Waals surface area contributed by atoms with Crippen molar-refractivity contribution in [1.29, 1.82) is 0 Å². The third-order valence-electron chi connectivity index (χ3n) is 4.24. The summed E-state index contributed by atoms with van der Waals surface area (Å²) in [7, 11) is 0. The van der Waals surface area contributed by atoms with E-state index in [9.17, 15) is 4.79 Å². The number of benzene rings is 1. The SMILES string of the molecule is Nc1cc(Br)cc(C(=O)NC2CC3CCC2C3)c1. The van der Waals surface area contributed by atoms with Crippen LogP contribution in [0.4, 0.5) is 5.69 Å². The molecule has 3 unspecified atom stereocenters. The third-order valence-corrected chi connectivity index (χ3v) is 4.69. The Hall–Kier alpha value is -1.03. The summed E-state index contributed by atoms with van der Waals surface area (Å²) in [6.45, 7) is 0. The van der Waals surface area contributed by atoms with Crippen LogP contribution in [0.15, 0.2) is 22.7 Å². The molecule has 2 fully saturated rings. The molecule has 0 aromatic heterocycles. The van der Waals surface area contributed by atoms with Gasteiger partial charge in [-0.2, -0.15) is 0 Å². The van der Waals surface area contributed by atoms with Gasteiger partial charge in [-0.05, 0) is 49.3 Å². The maximum Gasteiger partial charge on any atom is 0.251 e. The Morgan fingerprint density at radius 2 is 2.11 bits per heavy atom. The fourth-order valence-electron chi connectivity index (χ4n) is 3.42. The van der Waals surface area contributed by atoms with Gasteiger partial charge in [-0.15, -0.1) is 0 Å². The van der Waals surface area contributed by atoms with E-state index >= 15 is 0 Å². The van der Waals surface area contributed by atoms with Crippen LogP contribution in [0.5, 0.6) is 0 Å². The van der Waals surface area contributed by atoms with E-state index in [1.54, 1.807) is 12.1 Å². The number of rotatable bonds is 2. The molecule has 96 valence electrons. The van der Waals surface area contributed by atoms with Gasteiger partial charge in [-0.25, -0.2) is 0 Å². The highest BCUT2D eigenvalue weighted by molar-refractivity contribution is 9.10. The molecule has 2 bridgehead atoms. The Morgan fingerprint density at radius 1 is 1.28 bits per heavy atom. The van der Waals surface area contributed by atoms with Crippen molar-refractivity contribution >= 4 is 27.5 Å². The molecule has 1 amide bonds. The molecular formula is C14H17BrN2O. The van der Waals surface area contributed by atoms with Crippen molar-refractivity contribution in [1.82, 2.24) is 5.32 Å². The van der Waals surface area contributed by atoms with Gasteiger partial charge in [0.1, 0.15) is 0 Å². The number of nitrogen functional groups attached to an aromatic ring is 1. The van der Waals surface area contributed by atoms with Gasteiger partial charge in [0.05, 0.1) is 0 Å². The fraction of sp³-hybridized carbons (Fsp3) is 0.500. The van der Waals surface area contributed by atoms with E-state index in [0.29, 0.717) is 23.2 Å². The highest BCUT2D eigenvalue weighted by Crippen LogP contribution is 2.44. The number of carbonyl (C=O) groups is 1. The van der Waals surface area contributed by atoms with Crippen molar-refractivity contribution in [2.45, 2.75) is 31.7 Å². The second-order valence-corrected chi connectivity index (χ2v) is 6.44. The number of amides is 1. The van der Waals surface area contributed by atoms with E-state index in [1.165, 1.54) is 19.3 Å². The summed E-state index contributed by atoms with van der Waals surface area (Å²) < 4.78 is 0.848. The van der Waals surface area contributed by atoms with Gasteiger partial charge in [-0.3, -0.25) is 4.79 Å². The predicted molar refractivity (Wildman–Crippen MR) is 75.3 cm³/mol. The first-order valence-corrected chi connectivity index (χ1v) is 7.28. The molecule has 2 aliphatic carbocycles. The maximum atomic E-state index is 12.2. The number of anilines is 1. The van der Waals surface area contributed by atoms with Gasteiger partial charge in [0.25, 0.3) is 5.91 Å². The van der Waals surface area contributed by atoms with E-state index in [0.717, 1.165) is 16.8 Å². The molecule has 3 rings (SSSR count). The van der Waals surface area contributed by atoms with Crippen LogP contribution in [-0.2, 0) is 0 Å². The molecule has 0 radical (unpaired) electrons. The molecule has 2 aliphatic rings. The van der Waals surface area contributed by atoms with Gasteiger partial charge >= 0.3 is 0 Å². The summed E-state index contributed by atoms with van der Waals surface area (Å²) in [6.07, 6.45) is 5.07. The molecule has 0 saturated heterocycles. The monoisotopic (exact) mass is 308 g/mol. The van der Waals surface area contributed by atoms with Crippen molar-refractivity contribution in [3.63, 3.8) is 0 Å². The number of nitrogens with one attached hydrogen (secondary N) is 1. The molecule has 3 nitrogen and oxygen atoms in total. The zero-order valence-corrected chi connectivity index (χ0v) is 11.7. The van der Waals surface area contributed by atoms with Crippen LogP contribution in [0.25, 0.3) is 0 Å². The Kier molecular flexibility index (Phi) is 3.06. The summed E-state index contributed by atoms with van der Waals surface area (Å²) in [5.41, 5.74) is 7.01. The number of carbonyl (C=O) groups excluding carboxylic acids is 1. The second-order valence-electron chi connectivity index (χ2n) is 5.53. The first-order valence-electron chi connectivity index (χ1n) is 6.49. The fourth-order valence-corrected chi connectivity index (χ4v) is 3.93. The van der Waals surface area contributed by atoms with Gasteiger partial charge in [0, 0.05) is 21.8 Å². The molecule has 18 heavy (non-hydrogen) atoms. The summed E-state index contributed by atoms with van der Waals surface area (Å²) in [4.78, 5) is 12.2. The van der Waals surface area contributed by atoms with Crippen LogP contribution in [0.2, 0.25) is 0 Å². The molecule has 0 heterocycles. The van der Waals surface area contributed by atoms with Gasteiger partial charge < -0.3 is 11.1 Å². The van der Waals surface area contributed by atoms with Crippen molar-refractivity contribution in [2.24, 2.45) is 11.8 Å². The van der Waals surface area contributed by atoms with Crippen molar-refractivity contribution in [3.8, 4) is 0 Å². The normalized spacial score (nSPS) is 29.5. The van der Waals surface area contributed by atoms with Crippen LogP contribution >= 0.6 is 15.9 Å². The van der Waals surface area contributed by atoms with Crippen molar-refractivity contribution < 1.29 is 4.79 Å². The lowest BCUT2D eigenvalue weighted by Gasteiger charge is -2.23. The Morgan fingerprint density at radius 3 is 2.72 bits per heavy atom. The molecule has 1 aromatic rings. The highest BCUT2D eigenvalue weighted by Gasteiger charge is 2.40. The summed E-state index contributed by atoms with van der Waals surface area (Å²) in [6, 6.07) is 5.72. The van der Waals surface area contributed by atoms with E-state index in [-0.39, 0.29) is 5.91 Å². The number of fused-ring (bicyclic) bond motifs is 2. The zero-order chi connectivity index (χ0) is 12.7. The summed E-state index contributed by atoms with van der Waals surface area (Å²) in [5, 5.41) is 3.17. The van der Waals surface area contributed by atoms with Gasteiger partial charge in [0.15, 0.2) is 0 Å². The van der Waals surface area contributed by atoms with E-state index < -0.39 is 0 Å². The average Bonchev–Trinajstić information content (AvgIpc) is 2.89. The molecule has 2 saturated carbocycles. The summed E-state index contributed by atoms with van der Waals surface area (Å²) in [5.74, 6) is 1.54. The molecule has 0 spiro atoms. The smallest absolute Gasteiger partial charge is 0.251 e. The Labute approximate surface area is 115 Å². The molecule has 0 aliphatic heterocycles. The molecule has 1 aromatic carbocycles. The topological polar surface area (TPSA) is 55.1 Å². The quantitative estimate of drug-likeness (QED) is 0.825. The maximum absolute atomic E-state index is 12.2. The third kappa shape index (κ3) is 2.26. The summed E-state index contributed by atoms with van der Waals surface area (Å²) >= 11 is 3.37. The van der Waals surface area contributed by atoms with Gasteiger partial charge in [-0.1, -0.05) is 22.4 Å². The number of halogens is 1. The Balaban J connectivity index is 1.71. The van der Waals surface area contributed by atoms with Crippen LogP contribution in [0.1, 0.15) is 36.0 Å². The minimum Gasteiger partial charge on any atom is -0.399 e.